The average molecular weight is 394 g/mol. The number of aromatic nitrogens is 4. The number of hydrogen-bond acceptors (Lipinski definition) is 6. The van der Waals surface area contributed by atoms with E-state index in [1.165, 1.54) is 9.13 Å². The van der Waals surface area contributed by atoms with E-state index >= 15 is 0 Å². The van der Waals surface area contributed by atoms with Crippen LogP contribution in [0.3, 0.4) is 0 Å². The smallest absolute Gasteiger partial charge is 0.331 e. The van der Waals surface area contributed by atoms with Crippen molar-refractivity contribution in [2.75, 3.05) is 31.1 Å². The van der Waals surface area contributed by atoms with Crippen molar-refractivity contribution in [2.24, 2.45) is 0 Å². The zero-order valence-corrected chi connectivity index (χ0v) is 16.2. The molecule has 3 heterocycles. The molecule has 0 unspecified atom stereocenters. The molecule has 1 fully saturated rings. The largest absolute Gasteiger partial charge is 0.338 e. The third-order valence-electron chi connectivity index (χ3n) is 5.21. The van der Waals surface area contributed by atoms with E-state index in [4.69, 9.17) is 0 Å². The number of hydrogen-bond donors (Lipinski definition) is 0. The molecule has 0 bridgehead atoms. The summed E-state index contributed by atoms with van der Waals surface area (Å²) in [6, 6.07) is 8.67. The van der Waals surface area contributed by atoms with Crippen molar-refractivity contribution >= 4 is 22.8 Å². The Bertz CT molecular complexity index is 1150. The highest BCUT2D eigenvalue weighted by atomic mass is 16.2. The number of benzene rings is 1. The highest BCUT2D eigenvalue weighted by Gasteiger charge is 2.24. The van der Waals surface area contributed by atoms with Crippen LogP contribution in [0.2, 0.25) is 0 Å². The number of carbonyl (C=O) groups is 1. The monoisotopic (exact) mass is 394 g/mol. The molecule has 0 N–H and O–H groups in total. The van der Waals surface area contributed by atoms with Crippen molar-refractivity contribution in [1.29, 1.82) is 0 Å². The van der Waals surface area contributed by atoms with Crippen molar-refractivity contribution in [3.8, 4) is 0 Å². The van der Waals surface area contributed by atoms with Gasteiger partial charge < -0.3 is 9.80 Å². The number of fused-ring (bicyclic) bond motifs is 1. The molecule has 0 atom stereocenters. The van der Waals surface area contributed by atoms with E-state index in [2.05, 4.69) is 9.97 Å². The molecule has 1 aliphatic rings. The van der Waals surface area contributed by atoms with E-state index in [1.807, 2.05) is 4.90 Å². The van der Waals surface area contributed by atoms with Gasteiger partial charge in [-0.25, -0.2) is 14.8 Å². The van der Waals surface area contributed by atoms with E-state index in [0.717, 1.165) is 0 Å². The summed E-state index contributed by atoms with van der Waals surface area (Å²) in [6.07, 6.45) is 3.39. The third-order valence-corrected chi connectivity index (χ3v) is 5.21. The van der Waals surface area contributed by atoms with Gasteiger partial charge in [-0.15, -0.1) is 0 Å². The zero-order valence-electron chi connectivity index (χ0n) is 16.2. The van der Waals surface area contributed by atoms with Crippen LogP contribution in [0.4, 0.5) is 5.95 Å². The molecule has 0 aliphatic carbocycles. The quantitative estimate of drug-likeness (QED) is 0.633. The minimum Gasteiger partial charge on any atom is -0.338 e. The summed E-state index contributed by atoms with van der Waals surface area (Å²) in [5, 5.41) is 0.438. The summed E-state index contributed by atoms with van der Waals surface area (Å²) >= 11 is 0. The number of nitrogens with zero attached hydrogens (tertiary/aromatic N) is 6. The van der Waals surface area contributed by atoms with E-state index in [1.54, 1.807) is 54.5 Å². The highest BCUT2D eigenvalue weighted by molar-refractivity contribution is 5.81. The topological polar surface area (TPSA) is 93.3 Å². The number of amides is 1. The first kappa shape index (κ1) is 18.9. The van der Waals surface area contributed by atoms with Gasteiger partial charge in [0.15, 0.2) is 0 Å². The lowest BCUT2D eigenvalue weighted by atomic mass is 10.2. The molecule has 1 aromatic carbocycles. The predicted octanol–water partition coefficient (Wildman–Crippen LogP) is 0.322. The summed E-state index contributed by atoms with van der Waals surface area (Å²) in [7, 11) is 0. The Morgan fingerprint density at radius 2 is 1.66 bits per heavy atom. The molecule has 0 spiro atoms. The van der Waals surface area contributed by atoms with E-state index < -0.39 is 5.69 Å². The molecule has 2 aromatic heterocycles. The molecule has 1 amide bonds. The third kappa shape index (κ3) is 3.51. The van der Waals surface area contributed by atoms with Crippen LogP contribution in [0, 0.1) is 0 Å². The van der Waals surface area contributed by atoms with Crippen LogP contribution in [0.1, 0.15) is 6.92 Å². The van der Waals surface area contributed by atoms with Crippen LogP contribution >= 0.6 is 0 Å². The van der Waals surface area contributed by atoms with Crippen LogP contribution < -0.4 is 16.1 Å². The van der Waals surface area contributed by atoms with Crippen molar-refractivity contribution < 1.29 is 4.79 Å². The van der Waals surface area contributed by atoms with Gasteiger partial charge in [0.25, 0.3) is 5.56 Å². The van der Waals surface area contributed by atoms with Crippen LogP contribution in [-0.4, -0.2) is 56.1 Å². The molecule has 4 rings (SSSR count). The normalized spacial score (nSPS) is 14.4. The molecule has 1 saturated heterocycles. The first-order valence-corrected chi connectivity index (χ1v) is 9.62. The summed E-state index contributed by atoms with van der Waals surface area (Å²) in [6.45, 7) is 4.20. The molecule has 1 aliphatic heterocycles. The number of anilines is 1. The van der Waals surface area contributed by atoms with Crippen molar-refractivity contribution in [2.45, 2.75) is 20.0 Å². The molecule has 9 heteroatoms. The van der Waals surface area contributed by atoms with E-state index in [0.29, 0.717) is 43.0 Å². The molecule has 150 valence electrons. The van der Waals surface area contributed by atoms with Gasteiger partial charge in [0.2, 0.25) is 11.9 Å². The van der Waals surface area contributed by atoms with E-state index in [9.17, 15) is 14.4 Å². The van der Waals surface area contributed by atoms with Crippen molar-refractivity contribution in [3.05, 3.63) is 63.6 Å². The SMILES string of the molecule is CCn1c(=O)c2ccccc2n(CC(=O)N2CCN(c3ncccn3)CC2)c1=O. The highest BCUT2D eigenvalue weighted by Crippen LogP contribution is 2.12. The van der Waals surface area contributed by atoms with Gasteiger partial charge in [0.1, 0.15) is 6.54 Å². The van der Waals surface area contributed by atoms with Gasteiger partial charge >= 0.3 is 5.69 Å². The lowest BCUT2D eigenvalue weighted by Gasteiger charge is -2.34. The maximum Gasteiger partial charge on any atom is 0.331 e. The Kier molecular flexibility index (Phi) is 5.11. The minimum atomic E-state index is -0.458. The van der Waals surface area contributed by atoms with Crippen molar-refractivity contribution in [3.63, 3.8) is 0 Å². The second-order valence-electron chi connectivity index (χ2n) is 6.85. The first-order chi connectivity index (χ1) is 14.1. The summed E-state index contributed by atoms with van der Waals surface area (Å²) in [5.74, 6) is 0.504. The van der Waals surface area contributed by atoms with Gasteiger partial charge in [-0.1, -0.05) is 12.1 Å². The van der Waals surface area contributed by atoms with Gasteiger partial charge in [-0.2, -0.15) is 0 Å². The molecule has 3 aromatic rings. The Labute approximate surface area is 166 Å². The fourth-order valence-corrected chi connectivity index (χ4v) is 3.65. The van der Waals surface area contributed by atoms with Crippen LogP contribution in [0.25, 0.3) is 10.9 Å². The summed E-state index contributed by atoms with van der Waals surface area (Å²) < 4.78 is 2.57. The van der Waals surface area contributed by atoms with Gasteiger partial charge in [-0.05, 0) is 25.1 Å². The van der Waals surface area contributed by atoms with Gasteiger partial charge in [0.05, 0.1) is 10.9 Å². The van der Waals surface area contributed by atoms with Crippen molar-refractivity contribution in [1.82, 2.24) is 24.0 Å². The molecular weight excluding hydrogens is 372 g/mol. The lowest BCUT2D eigenvalue weighted by Crippen LogP contribution is -2.51. The molecule has 0 radical (unpaired) electrons. The maximum absolute atomic E-state index is 12.9. The number of para-hydroxylation sites is 1. The van der Waals surface area contributed by atoms with Gasteiger partial charge in [-0.3, -0.25) is 18.7 Å². The second-order valence-corrected chi connectivity index (χ2v) is 6.85. The van der Waals surface area contributed by atoms with E-state index in [-0.39, 0.29) is 24.6 Å². The molecular formula is C20H22N6O3. The number of rotatable bonds is 4. The Balaban J connectivity index is 1.56. The first-order valence-electron chi connectivity index (χ1n) is 9.62. The predicted molar refractivity (Wildman–Crippen MR) is 109 cm³/mol. The van der Waals surface area contributed by atoms with Crippen LogP contribution in [0.5, 0.6) is 0 Å². The molecule has 0 saturated carbocycles. The Hall–Kier alpha value is -3.49. The summed E-state index contributed by atoms with van der Waals surface area (Å²) in [4.78, 5) is 50.5. The minimum absolute atomic E-state index is 0.0958. The molecule has 9 nitrogen and oxygen atoms in total. The number of carbonyl (C=O) groups excluding carboxylic acids is 1. The number of piperazine rings is 1. The maximum atomic E-state index is 12.9. The second kappa shape index (κ2) is 7.86. The zero-order chi connectivity index (χ0) is 20.4. The van der Waals surface area contributed by atoms with Gasteiger partial charge in [0, 0.05) is 45.1 Å². The fraction of sp³-hybridized carbons (Fsp3) is 0.350. The standard InChI is InChI=1S/C20H22N6O3/c1-2-25-18(28)15-6-3-4-7-16(15)26(20(25)29)14-17(27)23-10-12-24(13-11-23)19-21-8-5-9-22-19/h3-9H,2,10-14H2,1H3. The Morgan fingerprint density at radius 1 is 0.966 bits per heavy atom. The average Bonchev–Trinajstić information content (AvgIpc) is 2.77. The summed E-state index contributed by atoms with van der Waals surface area (Å²) in [5.41, 5.74) is -0.300. The molecule has 29 heavy (non-hydrogen) atoms. The lowest BCUT2D eigenvalue weighted by molar-refractivity contribution is -0.132. The van der Waals surface area contributed by atoms with Crippen LogP contribution in [-0.2, 0) is 17.9 Å². The fourth-order valence-electron chi connectivity index (χ4n) is 3.65. The van der Waals surface area contributed by atoms with Crippen LogP contribution in [0.15, 0.2) is 52.3 Å². The Morgan fingerprint density at radius 3 is 2.34 bits per heavy atom.